The summed E-state index contributed by atoms with van der Waals surface area (Å²) in [4.78, 5) is 26.7. The van der Waals surface area contributed by atoms with Gasteiger partial charge in [0.1, 0.15) is 0 Å². The minimum atomic E-state index is -0.0611. The molecule has 0 unspecified atom stereocenters. The predicted molar refractivity (Wildman–Crippen MR) is 128 cm³/mol. The highest BCUT2D eigenvalue weighted by molar-refractivity contribution is 7.15. The van der Waals surface area contributed by atoms with E-state index >= 15 is 0 Å². The second-order valence-electron chi connectivity index (χ2n) is 8.57. The fourth-order valence-electron chi connectivity index (χ4n) is 4.91. The van der Waals surface area contributed by atoms with E-state index in [1.165, 1.54) is 10.4 Å². The number of hydrogen-bond acceptors (Lipinski definition) is 5. The third-order valence-electron chi connectivity index (χ3n) is 6.43. The molecule has 3 heterocycles. The van der Waals surface area contributed by atoms with Gasteiger partial charge in [0.25, 0.3) is 5.91 Å². The van der Waals surface area contributed by atoms with Gasteiger partial charge in [0, 0.05) is 42.0 Å². The summed E-state index contributed by atoms with van der Waals surface area (Å²) < 4.78 is 0. The Morgan fingerprint density at radius 3 is 2.72 bits per heavy atom. The van der Waals surface area contributed by atoms with Crippen LogP contribution in [0.5, 0.6) is 0 Å². The van der Waals surface area contributed by atoms with Gasteiger partial charge in [0.05, 0.1) is 16.8 Å². The molecule has 1 amide bonds. The maximum absolute atomic E-state index is 13.4. The van der Waals surface area contributed by atoms with Gasteiger partial charge in [-0.2, -0.15) is 0 Å². The lowest BCUT2D eigenvalue weighted by Gasteiger charge is -2.25. The van der Waals surface area contributed by atoms with Crippen molar-refractivity contribution in [2.24, 2.45) is 0 Å². The van der Waals surface area contributed by atoms with E-state index in [1.807, 2.05) is 24.3 Å². The maximum atomic E-state index is 13.4. The quantitative estimate of drug-likeness (QED) is 0.486. The van der Waals surface area contributed by atoms with Crippen LogP contribution in [0.25, 0.3) is 10.9 Å². The Labute approximate surface area is 191 Å². The summed E-state index contributed by atoms with van der Waals surface area (Å²) in [6.07, 6.45) is 3.84. The third-order valence-corrected chi connectivity index (χ3v) is 7.42. The Kier molecular flexibility index (Phi) is 4.97. The van der Waals surface area contributed by atoms with Crippen LogP contribution in [-0.4, -0.2) is 27.3 Å². The molecule has 160 valence electrons. The Hall–Kier alpha value is -3.09. The molecule has 6 rings (SSSR count). The van der Waals surface area contributed by atoms with Crippen molar-refractivity contribution in [3.8, 4) is 0 Å². The van der Waals surface area contributed by atoms with Gasteiger partial charge in [-0.3, -0.25) is 20.0 Å². The smallest absolute Gasteiger partial charge is 0.258 e. The van der Waals surface area contributed by atoms with Gasteiger partial charge in [-0.05, 0) is 36.5 Å². The summed E-state index contributed by atoms with van der Waals surface area (Å²) in [5, 5.41) is 4.76. The van der Waals surface area contributed by atoms with E-state index in [4.69, 9.17) is 9.97 Å². The number of para-hydroxylation sites is 1. The zero-order valence-corrected chi connectivity index (χ0v) is 18.6. The van der Waals surface area contributed by atoms with Gasteiger partial charge >= 0.3 is 0 Å². The van der Waals surface area contributed by atoms with Crippen molar-refractivity contribution in [3.05, 3.63) is 87.6 Å². The number of aromatic nitrogens is 2. The van der Waals surface area contributed by atoms with E-state index in [0.717, 1.165) is 78.7 Å². The molecule has 1 aliphatic carbocycles. The van der Waals surface area contributed by atoms with Crippen LogP contribution in [0.3, 0.4) is 0 Å². The fourth-order valence-corrected chi connectivity index (χ4v) is 5.95. The van der Waals surface area contributed by atoms with Gasteiger partial charge in [-0.1, -0.05) is 48.5 Å². The molecular formula is C26H24N4OS. The van der Waals surface area contributed by atoms with Crippen molar-refractivity contribution >= 4 is 33.3 Å². The number of carbonyl (C=O) groups is 1. The van der Waals surface area contributed by atoms with Gasteiger partial charge < -0.3 is 0 Å². The Morgan fingerprint density at radius 1 is 0.969 bits per heavy atom. The molecular weight excluding hydrogens is 416 g/mol. The number of nitrogens with zero attached hydrogens (tertiary/aromatic N) is 3. The molecule has 0 spiro atoms. The first-order valence-corrected chi connectivity index (χ1v) is 12.0. The van der Waals surface area contributed by atoms with E-state index in [9.17, 15) is 4.79 Å². The van der Waals surface area contributed by atoms with Crippen LogP contribution in [-0.2, 0) is 32.4 Å². The molecule has 1 aliphatic heterocycles. The van der Waals surface area contributed by atoms with Crippen molar-refractivity contribution in [1.29, 1.82) is 0 Å². The topological polar surface area (TPSA) is 58.1 Å². The predicted octanol–water partition coefficient (Wildman–Crippen LogP) is 4.99. The molecule has 5 nitrogen and oxygen atoms in total. The van der Waals surface area contributed by atoms with Gasteiger partial charge in [-0.25, -0.2) is 4.98 Å². The van der Waals surface area contributed by atoms with E-state index in [0.29, 0.717) is 5.13 Å². The average Bonchev–Trinajstić information content (AvgIpc) is 3.43. The van der Waals surface area contributed by atoms with Crippen molar-refractivity contribution in [3.63, 3.8) is 0 Å². The van der Waals surface area contributed by atoms with Gasteiger partial charge in [0.2, 0.25) is 0 Å². The number of anilines is 1. The molecule has 0 saturated carbocycles. The molecule has 2 aliphatic rings. The maximum Gasteiger partial charge on any atom is 0.258 e. The summed E-state index contributed by atoms with van der Waals surface area (Å²) in [6.45, 7) is 2.81. The van der Waals surface area contributed by atoms with Crippen LogP contribution in [0.4, 0.5) is 5.13 Å². The normalized spacial score (nSPS) is 15.5. The standard InChI is InChI=1S/C26H24N4OS/c31-25(24-18-9-4-5-11-20(18)27-21-12-6-10-19(21)24)29-26-28-22-13-14-30(16-23(22)32-26)15-17-7-2-1-3-8-17/h1-5,7-9,11H,6,10,12-16H2,(H,28,29,31). The lowest BCUT2D eigenvalue weighted by atomic mass is 10.0. The number of pyridine rings is 1. The van der Waals surface area contributed by atoms with Crippen LogP contribution in [0.1, 0.15) is 44.2 Å². The number of nitrogens with one attached hydrogen (secondary N) is 1. The zero-order valence-electron chi connectivity index (χ0n) is 17.8. The minimum Gasteiger partial charge on any atom is -0.298 e. The second kappa shape index (κ2) is 8.11. The van der Waals surface area contributed by atoms with Crippen molar-refractivity contribution in [2.75, 3.05) is 11.9 Å². The van der Waals surface area contributed by atoms with Gasteiger partial charge in [0.15, 0.2) is 5.13 Å². The number of thiazole rings is 1. The molecule has 32 heavy (non-hydrogen) atoms. The molecule has 0 bridgehead atoms. The van der Waals surface area contributed by atoms with Crippen LogP contribution >= 0.6 is 11.3 Å². The van der Waals surface area contributed by atoms with Crippen molar-refractivity contribution < 1.29 is 4.79 Å². The summed E-state index contributed by atoms with van der Waals surface area (Å²) in [5.41, 5.74) is 6.31. The average molecular weight is 441 g/mol. The number of benzene rings is 2. The molecule has 0 radical (unpaired) electrons. The fraction of sp³-hybridized carbons (Fsp3) is 0.269. The monoisotopic (exact) mass is 440 g/mol. The number of aryl methyl sites for hydroxylation is 1. The Balaban J connectivity index is 1.25. The van der Waals surface area contributed by atoms with Crippen LogP contribution < -0.4 is 5.32 Å². The first-order chi connectivity index (χ1) is 15.7. The highest BCUT2D eigenvalue weighted by atomic mass is 32.1. The number of fused-ring (bicyclic) bond motifs is 3. The van der Waals surface area contributed by atoms with E-state index < -0.39 is 0 Å². The van der Waals surface area contributed by atoms with E-state index in [2.05, 4.69) is 40.5 Å². The highest BCUT2D eigenvalue weighted by Gasteiger charge is 2.26. The molecule has 0 saturated heterocycles. The van der Waals surface area contributed by atoms with Crippen LogP contribution in [0, 0.1) is 0 Å². The number of rotatable bonds is 4. The highest BCUT2D eigenvalue weighted by Crippen LogP contribution is 2.33. The number of hydrogen-bond donors (Lipinski definition) is 1. The van der Waals surface area contributed by atoms with Gasteiger partial charge in [-0.15, -0.1) is 11.3 Å². The lowest BCUT2D eigenvalue weighted by molar-refractivity contribution is 0.102. The Morgan fingerprint density at radius 2 is 1.81 bits per heavy atom. The van der Waals surface area contributed by atoms with Crippen molar-refractivity contribution in [2.45, 2.75) is 38.8 Å². The zero-order chi connectivity index (χ0) is 21.5. The summed E-state index contributed by atoms with van der Waals surface area (Å²) in [6, 6.07) is 18.5. The molecule has 1 N–H and O–H groups in total. The Bertz CT molecular complexity index is 1310. The molecule has 6 heteroatoms. The first-order valence-electron chi connectivity index (χ1n) is 11.2. The molecule has 2 aromatic heterocycles. The van der Waals surface area contributed by atoms with Crippen LogP contribution in [0.2, 0.25) is 0 Å². The largest absolute Gasteiger partial charge is 0.298 e. The summed E-state index contributed by atoms with van der Waals surface area (Å²) in [5.74, 6) is -0.0611. The SMILES string of the molecule is O=C(Nc1nc2c(s1)CN(Cc1ccccc1)CC2)c1c2c(nc3ccccc13)CCC2. The summed E-state index contributed by atoms with van der Waals surface area (Å²) >= 11 is 1.61. The number of amides is 1. The van der Waals surface area contributed by atoms with Crippen molar-refractivity contribution in [1.82, 2.24) is 14.9 Å². The summed E-state index contributed by atoms with van der Waals surface area (Å²) in [7, 11) is 0. The third kappa shape index (κ3) is 3.59. The van der Waals surface area contributed by atoms with E-state index in [-0.39, 0.29) is 5.91 Å². The minimum absolute atomic E-state index is 0.0611. The molecule has 2 aromatic carbocycles. The first kappa shape index (κ1) is 19.6. The lowest BCUT2D eigenvalue weighted by Crippen LogP contribution is -2.29. The second-order valence-corrected chi connectivity index (χ2v) is 9.66. The van der Waals surface area contributed by atoms with Crippen LogP contribution in [0.15, 0.2) is 54.6 Å². The molecule has 0 fully saturated rings. The molecule has 4 aromatic rings. The molecule has 0 atom stereocenters. The number of carbonyl (C=O) groups excluding carboxylic acids is 1. The van der Waals surface area contributed by atoms with E-state index in [1.54, 1.807) is 11.3 Å².